The van der Waals surface area contributed by atoms with Crippen LogP contribution in [-0.2, 0) is 28.6 Å². The first-order valence-electron chi connectivity index (χ1n) is 19.7. The fourth-order valence-electron chi connectivity index (χ4n) is 5.76. The zero-order chi connectivity index (χ0) is 35.6. The van der Waals surface area contributed by atoms with E-state index in [1.807, 2.05) is 6.92 Å². The van der Waals surface area contributed by atoms with Crippen molar-refractivity contribution in [2.45, 2.75) is 180 Å². The highest BCUT2D eigenvalue weighted by molar-refractivity contribution is 5.69. The Kier molecular flexibility index (Phi) is 31.9. The van der Waals surface area contributed by atoms with Gasteiger partial charge in [0.25, 0.3) is 0 Å². The minimum atomic E-state index is -0.114. The van der Waals surface area contributed by atoms with Gasteiger partial charge in [0.05, 0.1) is 47.8 Å². The molecule has 0 aromatic carbocycles. The average molecular weight is 679 g/mol. The summed E-state index contributed by atoms with van der Waals surface area (Å²) in [6.07, 6.45) is 36.7. The third-order valence-electron chi connectivity index (χ3n) is 8.67. The number of nitrogens with zero attached hydrogens (tertiary/aromatic N) is 1. The van der Waals surface area contributed by atoms with Crippen LogP contribution in [0.3, 0.4) is 0 Å². The van der Waals surface area contributed by atoms with Crippen molar-refractivity contribution in [2.24, 2.45) is 0 Å². The van der Waals surface area contributed by atoms with Crippen LogP contribution in [0.4, 0.5) is 0 Å². The molecule has 0 spiro atoms. The number of ether oxygens (including phenoxy) is 3. The molecule has 280 valence electrons. The van der Waals surface area contributed by atoms with Crippen molar-refractivity contribution in [3.63, 3.8) is 0 Å². The van der Waals surface area contributed by atoms with Gasteiger partial charge < -0.3 is 18.7 Å². The predicted molar refractivity (Wildman–Crippen MR) is 200 cm³/mol. The summed E-state index contributed by atoms with van der Waals surface area (Å²) in [6, 6.07) is 0. The number of unbranched alkanes of at least 4 members (excludes halogenated alkanes) is 16. The number of hydrogen-bond acceptors (Lipinski definition) is 6. The molecule has 1 atom stereocenters. The van der Waals surface area contributed by atoms with Gasteiger partial charge in [-0.3, -0.25) is 14.4 Å². The average Bonchev–Trinajstić information content (AvgIpc) is 3.04. The molecular formula is C41H76NO6+. The molecule has 0 rings (SSSR count). The Morgan fingerprint density at radius 3 is 1.35 bits per heavy atom. The van der Waals surface area contributed by atoms with E-state index in [0.717, 1.165) is 94.5 Å². The molecule has 0 fully saturated rings. The largest absolute Gasteiger partial charge is 0.469 e. The molecule has 0 aromatic heterocycles. The SMILES string of the molecule is CCOC(=O)CCCC/C=C\CCCCCCCCC(CCCCCCCC/C=C\CCCCC(=O)OC)OC(=O)CCC[N+](C)(C)C. The van der Waals surface area contributed by atoms with Crippen LogP contribution in [-0.4, -0.2) is 69.9 Å². The van der Waals surface area contributed by atoms with Gasteiger partial charge in [0.2, 0.25) is 0 Å². The summed E-state index contributed by atoms with van der Waals surface area (Å²) in [6.45, 7) is 3.30. The summed E-state index contributed by atoms with van der Waals surface area (Å²) in [5.74, 6) is -0.209. The second kappa shape index (κ2) is 33.4. The summed E-state index contributed by atoms with van der Waals surface area (Å²) in [4.78, 5) is 35.1. The highest BCUT2D eigenvalue weighted by Gasteiger charge is 2.16. The van der Waals surface area contributed by atoms with E-state index < -0.39 is 0 Å². The standard InChI is InChI=1S/C41H76NO6/c1-6-47-40(44)35-30-26-22-18-14-10-8-12-16-20-24-28-33-38(48-41(45)36-31-37-42(2,3)4)32-27-23-19-15-11-7-9-13-17-21-25-29-34-39(43)46-5/h13-14,17-18,38H,6-12,15-16,19-37H2,1-5H3/q+1/b17-13-,18-14-. The molecule has 0 aliphatic carbocycles. The van der Waals surface area contributed by atoms with Gasteiger partial charge in [-0.15, -0.1) is 0 Å². The molecule has 1 unspecified atom stereocenters. The Morgan fingerprint density at radius 2 is 0.917 bits per heavy atom. The van der Waals surface area contributed by atoms with Crippen molar-refractivity contribution in [3.05, 3.63) is 24.3 Å². The van der Waals surface area contributed by atoms with Crippen molar-refractivity contribution in [1.29, 1.82) is 0 Å². The quantitative estimate of drug-likeness (QED) is 0.0222. The molecule has 0 amide bonds. The summed E-state index contributed by atoms with van der Waals surface area (Å²) in [5, 5.41) is 0. The second-order valence-corrected chi connectivity index (χ2v) is 14.4. The van der Waals surface area contributed by atoms with Gasteiger partial charge in [-0.1, -0.05) is 75.7 Å². The molecular weight excluding hydrogens is 602 g/mol. The predicted octanol–water partition coefficient (Wildman–Crippen LogP) is 10.6. The Hall–Kier alpha value is -2.15. The van der Waals surface area contributed by atoms with Crippen molar-refractivity contribution in [3.8, 4) is 0 Å². The molecule has 0 N–H and O–H groups in total. The van der Waals surface area contributed by atoms with Gasteiger partial charge in [-0.05, 0) is 96.8 Å². The van der Waals surface area contributed by atoms with Crippen molar-refractivity contribution in [1.82, 2.24) is 0 Å². The number of carbonyl (C=O) groups excluding carboxylic acids is 3. The van der Waals surface area contributed by atoms with Crippen LogP contribution in [0.1, 0.15) is 174 Å². The van der Waals surface area contributed by atoms with E-state index in [2.05, 4.69) is 50.2 Å². The normalized spacial score (nSPS) is 12.5. The lowest BCUT2D eigenvalue weighted by molar-refractivity contribution is -0.870. The van der Waals surface area contributed by atoms with Crippen LogP contribution < -0.4 is 0 Å². The van der Waals surface area contributed by atoms with Crippen LogP contribution in [0.2, 0.25) is 0 Å². The van der Waals surface area contributed by atoms with E-state index in [1.165, 1.54) is 71.3 Å². The zero-order valence-electron chi connectivity index (χ0n) is 32.1. The van der Waals surface area contributed by atoms with Crippen LogP contribution >= 0.6 is 0 Å². The first-order chi connectivity index (χ1) is 23.2. The molecule has 7 nitrogen and oxygen atoms in total. The molecule has 0 aromatic rings. The van der Waals surface area contributed by atoms with Gasteiger partial charge in [0, 0.05) is 19.3 Å². The molecule has 0 bridgehead atoms. The summed E-state index contributed by atoms with van der Waals surface area (Å²) in [5.41, 5.74) is 0. The monoisotopic (exact) mass is 679 g/mol. The van der Waals surface area contributed by atoms with Crippen molar-refractivity contribution in [2.75, 3.05) is 41.4 Å². The highest BCUT2D eigenvalue weighted by atomic mass is 16.5. The maximum atomic E-state index is 12.6. The number of quaternary nitrogens is 1. The fraction of sp³-hybridized carbons (Fsp3) is 0.829. The lowest BCUT2D eigenvalue weighted by atomic mass is 10.0. The minimum absolute atomic E-state index is 0.0166. The van der Waals surface area contributed by atoms with Gasteiger partial charge >= 0.3 is 17.9 Å². The van der Waals surface area contributed by atoms with E-state index in [1.54, 1.807) is 0 Å². The van der Waals surface area contributed by atoms with Crippen LogP contribution in [0.5, 0.6) is 0 Å². The first-order valence-corrected chi connectivity index (χ1v) is 19.7. The maximum Gasteiger partial charge on any atom is 0.306 e. The fourth-order valence-corrected chi connectivity index (χ4v) is 5.76. The number of rotatable bonds is 34. The highest BCUT2D eigenvalue weighted by Crippen LogP contribution is 2.18. The van der Waals surface area contributed by atoms with Crippen molar-refractivity contribution >= 4 is 17.9 Å². The molecule has 48 heavy (non-hydrogen) atoms. The first kappa shape index (κ1) is 45.9. The van der Waals surface area contributed by atoms with E-state index in [9.17, 15) is 14.4 Å². The number of esters is 3. The van der Waals surface area contributed by atoms with Crippen LogP contribution in [0.25, 0.3) is 0 Å². The Labute approximate surface area is 296 Å². The van der Waals surface area contributed by atoms with Crippen LogP contribution in [0.15, 0.2) is 24.3 Å². The van der Waals surface area contributed by atoms with E-state index >= 15 is 0 Å². The minimum Gasteiger partial charge on any atom is -0.469 e. The lowest BCUT2D eigenvalue weighted by Gasteiger charge is -2.24. The summed E-state index contributed by atoms with van der Waals surface area (Å²) >= 11 is 0. The number of methoxy groups -OCH3 is 1. The van der Waals surface area contributed by atoms with Gasteiger partial charge in [-0.25, -0.2) is 0 Å². The molecule has 0 aliphatic heterocycles. The molecule has 0 heterocycles. The molecule has 0 saturated carbocycles. The summed E-state index contributed by atoms with van der Waals surface area (Å²) < 4.78 is 16.5. The van der Waals surface area contributed by atoms with Crippen molar-refractivity contribution < 1.29 is 33.1 Å². The number of carbonyl (C=O) groups is 3. The Bertz CT molecular complexity index is 831. The van der Waals surface area contributed by atoms with Gasteiger partial charge in [0.15, 0.2) is 0 Å². The maximum absolute atomic E-state index is 12.6. The van der Waals surface area contributed by atoms with Crippen LogP contribution in [0, 0.1) is 0 Å². The van der Waals surface area contributed by atoms with Gasteiger partial charge in [0.1, 0.15) is 6.10 Å². The third kappa shape index (κ3) is 35.2. The number of hydrogen-bond donors (Lipinski definition) is 0. The molecule has 0 saturated heterocycles. The van der Waals surface area contributed by atoms with E-state index in [-0.39, 0.29) is 24.0 Å². The van der Waals surface area contributed by atoms with Gasteiger partial charge in [-0.2, -0.15) is 0 Å². The third-order valence-corrected chi connectivity index (χ3v) is 8.67. The lowest BCUT2D eigenvalue weighted by Crippen LogP contribution is -2.35. The number of allylic oxidation sites excluding steroid dienone is 4. The summed E-state index contributed by atoms with van der Waals surface area (Å²) in [7, 11) is 7.94. The zero-order valence-corrected chi connectivity index (χ0v) is 32.1. The second-order valence-electron chi connectivity index (χ2n) is 14.4. The Morgan fingerprint density at radius 1 is 0.521 bits per heavy atom. The molecule has 0 aliphatic rings. The molecule has 7 heteroatoms. The topological polar surface area (TPSA) is 78.9 Å². The Balaban J connectivity index is 4.07. The molecule has 0 radical (unpaired) electrons. The van der Waals surface area contributed by atoms with E-state index in [0.29, 0.717) is 25.9 Å². The smallest absolute Gasteiger partial charge is 0.306 e. The van der Waals surface area contributed by atoms with E-state index in [4.69, 9.17) is 9.47 Å².